The molecule has 0 atom stereocenters. The molecule has 0 aromatic carbocycles. The van der Waals surface area contributed by atoms with Crippen LogP contribution >= 0.6 is 0 Å². The number of carbonyl (C=O) groups is 1. The summed E-state index contributed by atoms with van der Waals surface area (Å²) in [7, 11) is 2.08. The molecule has 7 nitrogen and oxygen atoms in total. The molecule has 20 heavy (non-hydrogen) atoms. The second-order valence-corrected chi connectivity index (χ2v) is 5.63. The maximum atomic E-state index is 12.2. The molecule has 0 spiro atoms. The van der Waals surface area contributed by atoms with Crippen LogP contribution in [-0.4, -0.2) is 70.0 Å². The van der Waals surface area contributed by atoms with E-state index in [1.807, 2.05) is 11.1 Å². The minimum atomic E-state index is 0.117. The van der Waals surface area contributed by atoms with E-state index < -0.39 is 0 Å². The highest BCUT2D eigenvalue weighted by atomic mass is 16.2. The predicted molar refractivity (Wildman–Crippen MR) is 76.1 cm³/mol. The van der Waals surface area contributed by atoms with Gasteiger partial charge in [0.1, 0.15) is 6.54 Å². The molecule has 0 radical (unpaired) electrons. The Hall–Kier alpha value is -1.47. The summed E-state index contributed by atoms with van der Waals surface area (Å²) >= 11 is 0. The van der Waals surface area contributed by atoms with E-state index in [0.717, 1.165) is 31.9 Å². The van der Waals surface area contributed by atoms with Crippen LogP contribution < -0.4 is 5.32 Å². The number of nitrogens with zero attached hydrogens (tertiary/aromatic N) is 5. The molecule has 1 aliphatic heterocycles. The smallest absolute Gasteiger partial charge is 0.244 e. The first-order chi connectivity index (χ1) is 9.54. The fourth-order valence-corrected chi connectivity index (χ4v) is 2.10. The van der Waals surface area contributed by atoms with Gasteiger partial charge in [-0.05, 0) is 7.05 Å². The van der Waals surface area contributed by atoms with Crippen LogP contribution in [0.4, 0.5) is 0 Å². The van der Waals surface area contributed by atoms with E-state index in [1.54, 1.807) is 4.68 Å². The zero-order valence-corrected chi connectivity index (χ0v) is 12.5. The van der Waals surface area contributed by atoms with Crippen LogP contribution in [0.2, 0.25) is 0 Å². The number of amides is 1. The van der Waals surface area contributed by atoms with Gasteiger partial charge in [0.05, 0.1) is 11.9 Å². The second-order valence-electron chi connectivity index (χ2n) is 5.63. The first kappa shape index (κ1) is 14.9. The fraction of sp³-hybridized carbons (Fsp3) is 0.769. The van der Waals surface area contributed by atoms with Crippen LogP contribution in [0.1, 0.15) is 19.5 Å². The molecule has 0 aliphatic carbocycles. The van der Waals surface area contributed by atoms with Crippen LogP contribution in [0.5, 0.6) is 0 Å². The van der Waals surface area contributed by atoms with Crippen molar-refractivity contribution in [2.45, 2.75) is 33.0 Å². The number of hydrogen-bond acceptors (Lipinski definition) is 5. The lowest BCUT2D eigenvalue weighted by molar-refractivity contribution is -0.133. The molecule has 1 aromatic heterocycles. The Balaban J connectivity index is 1.82. The van der Waals surface area contributed by atoms with Gasteiger partial charge in [0.25, 0.3) is 0 Å². The van der Waals surface area contributed by atoms with Gasteiger partial charge < -0.3 is 15.1 Å². The third kappa shape index (κ3) is 4.28. The van der Waals surface area contributed by atoms with Crippen LogP contribution in [0.3, 0.4) is 0 Å². The van der Waals surface area contributed by atoms with Crippen molar-refractivity contribution < 1.29 is 4.79 Å². The lowest BCUT2D eigenvalue weighted by Crippen LogP contribution is -2.48. The standard InChI is InChI=1S/C13H24N6O/c1-11(2)14-8-12-9-19(16-15-12)10-13(20)18-6-4-17(3)5-7-18/h9,11,14H,4-8,10H2,1-3H3. The van der Waals surface area contributed by atoms with Crippen LogP contribution in [0.15, 0.2) is 6.20 Å². The summed E-state index contributed by atoms with van der Waals surface area (Å²) in [5.74, 6) is 0.117. The SMILES string of the molecule is CC(C)NCc1cn(CC(=O)N2CCN(C)CC2)nn1. The van der Waals surface area contributed by atoms with Crippen molar-refractivity contribution in [1.29, 1.82) is 0 Å². The van der Waals surface area contributed by atoms with E-state index in [-0.39, 0.29) is 12.5 Å². The van der Waals surface area contributed by atoms with Gasteiger partial charge in [0, 0.05) is 38.8 Å². The van der Waals surface area contributed by atoms with Crippen molar-refractivity contribution in [3.05, 3.63) is 11.9 Å². The molecule has 112 valence electrons. The molecule has 2 rings (SSSR count). The maximum absolute atomic E-state index is 12.2. The van der Waals surface area contributed by atoms with E-state index in [0.29, 0.717) is 12.6 Å². The molecule has 1 saturated heterocycles. The normalized spacial score (nSPS) is 16.9. The molecule has 1 aliphatic rings. The predicted octanol–water partition coefficient (Wildman–Crippen LogP) is -0.450. The molecule has 0 unspecified atom stereocenters. The Morgan fingerprint density at radius 2 is 2.05 bits per heavy atom. The van der Waals surface area contributed by atoms with Gasteiger partial charge in [-0.3, -0.25) is 4.79 Å². The van der Waals surface area contributed by atoms with Crippen molar-refractivity contribution in [3.8, 4) is 0 Å². The summed E-state index contributed by atoms with van der Waals surface area (Å²) in [6.45, 7) is 8.60. The monoisotopic (exact) mass is 280 g/mol. The molecule has 1 N–H and O–H groups in total. The Bertz CT molecular complexity index is 436. The van der Waals surface area contributed by atoms with E-state index in [9.17, 15) is 4.79 Å². The van der Waals surface area contributed by atoms with Gasteiger partial charge in [0.15, 0.2) is 0 Å². The summed E-state index contributed by atoms with van der Waals surface area (Å²) in [6, 6.07) is 0.409. The number of nitrogens with one attached hydrogen (secondary N) is 1. The first-order valence-electron chi connectivity index (χ1n) is 7.13. The molecule has 2 heterocycles. The minimum Gasteiger partial charge on any atom is -0.339 e. The van der Waals surface area contributed by atoms with Gasteiger partial charge in [-0.15, -0.1) is 5.10 Å². The van der Waals surface area contributed by atoms with Crippen molar-refractivity contribution in [2.24, 2.45) is 0 Å². The van der Waals surface area contributed by atoms with Crippen molar-refractivity contribution in [1.82, 2.24) is 30.1 Å². The highest BCUT2D eigenvalue weighted by molar-refractivity contribution is 5.76. The Morgan fingerprint density at radius 3 is 2.70 bits per heavy atom. The van der Waals surface area contributed by atoms with E-state index in [1.165, 1.54) is 0 Å². The lowest BCUT2D eigenvalue weighted by Gasteiger charge is -2.32. The minimum absolute atomic E-state index is 0.117. The molecular weight excluding hydrogens is 256 g/mol. The van der Waals surface area contributed by atoms with Crippen molar-refractivity contribution >= 4 is 5.91 Å². The quantitative estimate of drug-likeness (QED) is 0.791. The number of piperazine rings is 1. The first-order valence-corrected chi connectivity index (χ1v) is 7.13. The van der Waals surface area contributed by atoms with Gasteiger partial charge >= 0.3 is 0 Å². The molecule has 0 saturated carbocycles. The van der Waals surface area contributed by atoms with Crippen molar-refractivity contribution in [3.63, 3.8) is 0 Å². The number of rotatable bonds is 5. The summed E-state index contributed by atoms with van der Waals surface area (Å²) in [4.78, 5) is 16.3. The average molecular weight is 280 g/mol. The number of carbonyl (C=O) groups excluding carboxylic acids is 1. The third-order valence-electron chi connectivity index (χ3n) is 3.43. The highest BCUT2D eigenvalue weighted by Gasteiger charge is 2.19. The largest absolute Gasteiger partial charge is 0.339 e. The van der Waals surface area contributed by atoms with Gasteiger partial charge in [0.2, 0.25) is 5.91 Å². The number of aromatic nitrogens is 3. The van der Waals surface area contributed by atoms with Crippen LogP contribution in [0, 0.1) is 0 Å². The van der Waals surface area contributed by atoms with Gasteiger partial charge in [-0.25, -0.2) is 4.68 Å². The Labute approximate surface area is 119 Å². The number of hydrogen-bond donors (Lipinski definition) is 1. The van der Waals surface area contributed by atoms with Crippen molar-refractivity contribution in [2.75, 3.05) is 33.2 Å². The molecule has 0 bridgehead atoms. The van der Waals surface area contributed by atoms with Crippen LogP contribution in [0.25, 0.3) is 0 Å². The van der Waals surface area contributed by atoms with E-state index >= 15 is 0 Å². The summed E-state index contributed by atoms with van der Waals surface area (Å²) in [5, 5.41) is 11.4. The topological polar surface area (TPSA) is 66.3 Å². The highest BCUT2D eigenvalue weighted by Crippen LogP contribution is 2.02. The van der Waals surface area contributed by atoms with Gasteiger partial charge in [-0.1, -0.05) is 19.1 Å². The average Bonchev–Trinajstić information content (AvgIpc) is 2.84. The third-order valence-corrected chi connectivity index (χ3v) is 3.43. The number of likely N-dealkylation sites (N-methyl/N-ethyl adjacent to an activating group) is 1. The molecule has 1 amide bonds. The summed E-state index contributed by atoms with van der Waals surface area (Å²) in [6.07, 6.45) is 1.84. The Kier molecular flexibility index (Phi) is 5.08. The molecular formula is C13H24N6O. The Morgan fingerprint density at radius 1 is 1.35 bits per heavy atom. The molecule has 1 fully saturated rings. The van der Waals surface area contributed by atoms with Gasteiger partial charge in [-0.2, -0.15) is 0 Å². The molecule has 7 heteroatoms. The second kappa shape index (κ2) is 6.81. The summed E-state index contributed by atoms with van der Waals surface area (Å²) < 4.78 is 1.62. The van der Waals surface area contributed by atoms with E-state index in [2.05, 4.69) is 41.4 Å². The molecule has 1 aromatic rings. The zero-order valence-electron chi connectivity index (χ0n) is 12.5. The van der Waals surface area contributed by atoms with E-state index in [4.69, 9.17) is 0 Å². The summed E-state index contributed by atoms with van der Waals surface area (Å²) in [5.41, 5.74) is 0.866. The zero-order chi connectivity index (χ0) is 14.5. The fourth-order valence-electron chi connectivity index (χ4n) is 2.10. The van der Waals surface area contributed by atoms with Crippen LogP contribution in [-0.2, 0) is 17.9 Å². The maximum Gasteiger partial charge on any atom is 0.244 e. The lowest BCUT2D eigenvalue weighted by atomic mass is 10.3.